The maximum atomic E-state index is 13.1. The Labute approximate surface area is 213 Å². The molecule has 1 atom stereocenters. The Kier molecular flexibility index (Phi) is 6.26. The number of carbonyl (C=O) groups excluding carboxylic acids is 1. The Balaban J connectivity index is 1.43. The summed E-state index contributed by atoms with van der Waals surface area (Å²) in [6.07, 6.45) is 6.59. The monoisotopic (exact) mass is 502 g/mol. The van der Waals surface area contributed by atoms with Crippen molar-refractivity contribution < 1.29 is 14.7 Å². The Morgan fingerprint density at radius 1 is 1.24 bits per heavy atom. The molecule has 2 aliphatic rings. The van der Waals surface area contributed by atoms with Gasteiger partial charge in [0, 0.05) is 30.9 Å². The molecule has 0 bridgehead atoms. The van der Waals surface area contributed by atoms with Gasteiger partial charge in [-0.25, -0.2) is 4.98 Å². The van der Waals surface area contributed by atoms with Gasteiger partial charge in [-0.1, -0.05) is 18.9 Å². The summed E-state index contributed by atoms with van der Waals surface area (Å²) in [5, 5.41) is 20.3. The van der Waals surface area contributed by atoms with E-state index in [0.717, 1.165) is 31.2 Å². The number of aryl methyl sites for hydroxylation is 1. The normalized spacial score (nSPS) is 17.4. The Morgan fingerprint density at radius 3 is 2.57 bits per heavy atom. The second kappa shape index (κ2) is 9.42. The number of aromatic nitrogens is 3. The number of hydrogen-bond donors (Lipinski definition) is 4. The molecule has 2 fully saturated rings. The van der Waals surface area contributed by atoms with E-state index in [2.05, 4.69) is 15.3 Å². The van der Waals surface area contributed by atoms with Crippen molar-refractivity contribution in [1.29, 1.82) is 5.41 Å². The van der Waals surface area contributed by atoms with Crippen molar-refractivity contribution in [3.8, 4) is 0 Å². The predicted octanol–water partition coefficient (Wildman–Crippen LogP) is 2.20. The summed E-state index contributed by atoms with van der Waals surface area (Å²) < 4.78 is 1.55. The molecule has 1 aromatic carbocycles. The zero-order valence-electron chi connectivity index (χ0n) is 20.7. The van der Waals surface area contributed by atoms with Gasteiger partial charge in [-0.05, 0) is 61.4 Å². The molecule has 10 nitrogen and oxygen atoms in total. The highest BCUT2D eigenvalue weighted by atomic mass is 16.4. The van der Waals surface area contributed by atoms with Crippen LogP contribution in [0, 0.1) is 17.2 Å². The number of rotatable bonds is 8. The van der Waals surface area contributed by atoms with E-state index in [9.17, 15) is 19.5 Å². The van der Waals surface area contributed by atoms with Crippen LogP contribution in [0.25, 0.3) is 11.0 Å². The average molecular weight is 503 g/mol. The number of fused-ring (bicyclic) bond motifs is 1. The first-order valence-electron chi connectivity index (χ1n) is 12.5. The number of nitrogen functional groups attached to an aromatic ring is 1. The molecule has 2 heterocycles. The zero-order valence-corrected chi connectivity index (χ0v) is 20.7. The molecule has 5 rings (SSSR count). The fraction of sp³-hybridized carbons (Fsp3) is 0.407. The summed E-state index contributed by atoms with van der Waals surface area (Å²) in [5.74, 6) is -2.73. The van der Waals surface area contributed by atoms with Gasteiger partial charge in [0.25, 0.3) is 5.56 Å². The van der Waals surface area contributed by atoms with Crippen LogP contribution in [0.1, 0.15) is 61.0 Å². The lowest BCUT2D eigenvalue weighted by molar-refractivity contribution is -0.149. The molecule has 0 saturated heterocycles. The number of carbonyl (C=O) groups is 2. The van der Waals surface area contributed by atoms with E-state index in [-0.39, 0.29) is 23.7 Å². The number of pyridine rings is 1. The minimum atomic E-state index is -1.06. The number of amidine groups is 1. The molecular weight excluding hydrogens is 472 g/mol. The number of nitrogens with one attached hydrogen (secondary N) is 2. The third-order valence-electron chi connectivity index (χ3n) is 7.71. The highest BCUT2D eigenvalue weighted by Crippen LogP contribution is 2.46. The lowest BCUT2D eigenvalue weighted by Crippen LogP contribution is -2.44. The van der Waals surface area contributed by atoms with Crippen molar-refractivity contribution in [1.82, 2.24) is 19.9 Å². The van der Waals surface area contributed by atoms with E-state index < -0.39 is 23.3 Å². The van der Waals surface area contributed by atoms with Crippen molar-refractivity contribution in [3.63, 3.8) is 0 Å². The van der Waals surface area contributed by atoms with Crippen molar-refractivity contribution in [2.75, 3.05) is 0 Å². The highest BCUT2D eigenvalue weighted by molar-refractivity contribution is 5.98. The summed E-state index contributed by atoms with van der Waals surface area (Å²) in [7, 11) is 1.69. The molecule has 0 radical (unpaired) electrons. The lowest BCUT2D eigenvalue weighted by atomic mass is 9.89. The van der Waals surface area contributed by atoms with E-state index in [1.54, 1.807) is 23.7 Å². The number of benzene rings is 1. The maximum Gasteiger partial charge on any atom is 0.316 e. The number of amides is 1. The van der Waals surface area contributed by atoms with Crippen molar-refractivity contribution >= 4 is 28.7 Å². The molecule has 37 heavy (non-hydrogen) atoms. The van der Waals surface area contributed by atoms with E-state index in [1.807, 2.05) is 18.2 Å². The van der Waals surface area contributed by atoms with Gasteiger partial charge >= 0.3 is 5.97 Å². The van der Waals surface area contributed by atoms with Gasteiger partial charge in [0.1, 0.15) is 17.4 Å². The van der Waals surface area contributed by atoms with Crippen molar-refractivity contribution in [2.24, 2.45) is 24.6 Å². The van der Waals surface area contributed by atoms with Crippen LogP contribution < -0.4 is 16.6 Å². The molecule has 2 aliphatic carbocycles. The van der Waals surface area contributed by atoms with E-state index in [0.29, 0.717) is 40.8 Å². The summed E-state index contributed by atoms with van der Waals surface area (Å²) in [5.41, 5.74) is 8.24. The number of aliphatic carboxylic acids is 1. The van der Waals surface area contributed by atoms with E-state index in [1.165, 1.54) is 6.20 Å². The fourth-order valence-corrected chi connectivity index (χ4v) is 5.41. The quantitative estimate of drug-likeness (QED) is 0.208. The molecule has 10 heteroatoms. The van der Waals surface area contributed by atoms with Crippen LogP contribution in [-0.2, 0) is 28.6 Å². The molecule has 3 aromatic rings. The number of nitrogens with zero attached hydrogens (tertiary/aromatic N) is 3. The van der Waals surface area contributed by atoms with Crippen LogP contribution in [0.5, 0.6) is 0 Å². The molecule has 192 valence electrons. The third kappa shape index (κ3) is 4.71. The predicted molar refractivity (Wildman–Crippen MR) is 137 cm³/mol. The summed E-state index contributed by atoms with van der Waals surface area (Å²) in [4.78, 5) is 47.0. The summed E-state index contributed by atoms with van der Waals surface area (Å²) >= 11 is 0. The van der Waals surface area contributed by atoms with Crippen LogP contribution in [-0.4, -0.2) is 37.4 Å². The molecule has 0 spiro atoms. The van der Waals surface area contributed by atoms with Crippen LogP contribution in [0.3, 0.4) is 0 Å². The Bertz CT molecular complexity index is 1450. The smallest absolute Gasteiger partial charge is 0.316 e. The number of carboxylic acids is 1. The van der Waals surface area contributed by atoms with Crippen molar-refractivity contribution in [2.45, 2.75) is 50.5 Å². The first-order chi connectivity index (χ1) is 17.7. The van der Waals surface area contributed by atoms with Crippen LogP contribution in [0.4, 0.5) is 0 Å². The summed E-state index contributed by atoms with van der Waals surface area (Å²) in [6, 6.07) is 8.98. The van der Waals surface area contributed by atoms with Gasteiger partial charge in [-0.15, -0.1) is 0 Å². The number of hydrogen-bond acceptors (Lipinski definition) is 6. The Hall–Kier alpha value is -4.08. The molecule has 1 unspecified atom stereocenters. The van der Waals surface area contributed by atoms with Gasteiger partial charge in [-0.3, -0.25) is 24.8 Å². The van der Waals surface area contributed by atoms with Gasteiger partial charge in [0.05, 0.1) is 16.6 Å². The molecule has 0 aliphatic heterocycles. The zero-order chi connectivity index (χ0) is 26.3. The minimum Gasteiger partial charge on any atom is -0.481 e. The molecule has 2 saturated carbocycles. The largest absolute Gasteiger partial charge is 0.481 e. The second-order valence-corrected chi connectivity index (χ2v) is 10.2. The first kappa shape index (κ1) is 24.6. The van der Waals surface area contributed by atoms with Gasteiger partial charge < -0.3 is 20.7 Å². The van der Waals surface area contributed by atoms with Crippen LogP contribution in [0.15, 0.2) is 41.3 Å². The van der Waals surface area contributed by atoms with E-state index in [4.69, 9.17) is 11.1 Å². The van der Waals surface area contributed by atoms with Gasteiger partial charge in [-0.2, -0.15) is 0 Å². The first-order valence-corrected chi connectivity index (χ1v) is 12.5. The maximum absolute atomic E-state index is 13.1. The standard InChI is InChI=1S/C27H30N6O4/c1-33-21-9-7-17(27(10-11-27)32-24(34)22(26(36)37)15-4-2-3-5-15)12-19(21)31-20(25(33)35)13-18-8-6-16(14-30-18)23(28)29/h6-9,12,14-15,22H,2-5,10-11,13H2,1H3,(H3,28,29)(H,32,34)(H,36,37). The SMILES string of the molecule is Cn1c(=O)c(Cc2ccc(C(=N)N)cn2)nc2cc(C3(NC(=O)C(C(=O)O)C4CCCC4)CC3)ccc21. The van der Waals surface area contributed by atoms with Gasteiger partial charge in [0.15, 0.2) is 0 Å². The van der Waals surface area contributed by atoms with Gasteiger partial charge in [0.2, 0.25) is 5.91 Å². The average Bonchev–Trinajstić information content (AvgIpc) is 3.45. The summed E-state index contributed by atoms with van der Waals surface area (Å²) in [6.45, 7) is 0. The third-order valence-corrected chi connectivity index (χ3v) is 7.71. The number of nitrogens with two attached hydrogens (primary N) is 1. The van der Waals surface area contributed by atoms with E-state index >= 15 is 0 Å². The fourth-order valence-electron chi connectivity index (χ4n) is 5.41. The molecule has 5 N–H and O–H groups in total. The molecule has 1 amide bonds. The van der Waals surface area contributed by atoms with Crippen LogP contribution >= 0.6 is 0 Å². The highest BCUT2D eigenvalue weighted by Gasteiger charge is 2.48. The molecular formula is C27H30N6O4. The second-order valence-electron chi connectivity index (χ2n) is 10.2. The van der Waals surface area contributed by atoms with Crippen molar-refractivity contribution in [3.05, 3.63) is 69.4 Å². The topological polar surface area (TPSA) is 164 Å². The minimum absolute atomic E-state index is 0.0784. The molecule has 2 aromatic heterocycles. The Morgan fingerprint density at radius 2 is 1.97 bits per heavy atom. The lowest BCUT2D eigenvalue weighted by Gasteiger charge is -2.24. The van der Waals surface area contributed by atoms with Crippen LogP contribution in [0.2, 0.25) is 0 Å². The number of carboxylic acid groups (broad SMARTS) is 1.